The van der Waals surface area contributed by atoms with Crippen molar-refractivity contribution in [2.45, 2.75) is 12.5 Å². The number of rotatable bonds is 4. The number of amides is 3. The van der Waals surface area contributed by atoms with Gasteiger partial charge in [0.25, 0.3) is 5.91 Å². The van der Waals surface area contributed by atoms with Crippen molar-refractivity contribution in [3.8, 4) is 0 Å². The molecule has 0 spiro atoms. The number of carbonyl (C=O) groups is 2. The number of carbonyl (C=O) groups excluding carboxylic acids is 2. The molecule has 1 atom stereocenters. The van der Waals surface area contributed by atoms with Gasteiger partial charge in [0.05, 0.1) is 23.9 Å². The average Bonchev–Trinajstić information content (AvgIpc) is 3.01. The maximum Gasteiger partial charge on any atom is 0.322 e. The summed E-state index contributed by atoms with van der Waals surface area (Å²) in [6.07, 6.45) is 0.739. The molecule has 0 radical (unpaired) electrons. The molecular formula is C21H20FN3O2. The van der Waals surface area contributed by atoms with E-state index in [1.54, 1.807) is 24.1 Å². The van der Waals surface area contributed by atoms with Gasteiger partial charge in [-0.25, -0.2) is 9.18 Å². The van der Waals surface area contributed by atoms with E-state index >= 15 is 0 Å². The van der Waals surface area contributed by atoms with Crippen molar-refractivity contribution in [2.24, 2.45) is 0 Å². The molecule has 2 aromatic rings. The van der Waals surface area contributed by atoms with Crippen molar-refractivity contribution >= 4 is 11.9 Å². The predicted molar refractivity (Wildman–Crippen MR) is 99.2 cm³/mol. The molecule has 0 saturated carbocycles. The first-order valence-electron chi connectivity index (χ1n) is 8.90. The Labute approximate surface area is 157 Å². The van der Waals surface area contributed by atoms with Gasteiger partial charge in [-0.15, -0.1) is 0 Å². The Hall–Kier alpha value is -3.15. The highest BCUT2D eigenvalue weighted by Crippen LogP contribution is 2.35. The van der Waals surface area contributed by atoms with Crippen LogP contribution in [0.5, 0.6) is 0 Å². The van der Waals surface area contributed by atoms with Crippen LogP contribution in [0.25, 0.3) is 0 Å². The molecule has 0 fully saturated rings. The molecule has 2 aliphatic heterocycles. The van der Waals surface area contributed by atoms with E-state index in [9.17, 15) is 14.0 Å². The summed E-state index contributed by atoms with van der Waals surface area (Å²) in [4.78, 5) is 28.7. The van der Waals surface area contributed by atoms with E-state index in [1.807, 2.05) is 30.3 Å². The fraction of sp³-hybridized carbons (Fsp3) is 0.238. The maximum absolute atomic E-state index is 13.7. The summed E-state index contributed by atoms with van der Waals surface area (Å²) in [5.41, 5.74) is 2.93. The van der Waals surface area contributed by atoms with Crippen molar-refractivity contribution in [1.82, 2.24) is 15.1 Å². The predicted octanol–water partition coefficient (Wildman–Crippen LogP) is 2.86. The fourth-order valence-electron chi connectivity index (χ4n) is 3.65. The first-order chi connectivity index (χ1) is 13.0. The second-order valence-electron chi connectivity index (χ2n) is 6.82. The van der Waals surface area contributed by atoms with E-state index in [0.29, 0.717) is 29.9 Å². The molecule has 0 bridgehead atoms. The number of urea groups is 1. The molecule has 2 heterocycles. The number of likely N-dealkylation sites (N-methyl/N-ethyl adjacent to an activating group) is 1. The number of hydrogen-bond donors (Lipinski definition) is 1. The molecule has 27 heavy (non-hydrogen) atoms. The lowest BCUT2D eigenvalue weighted by Crippen LogP contribution is -2.45. The molecule has 5 nitrogen and oxygen atoms in total. The average molecular weight is 365 g/mol. The highest BCUT2D eigenvalue weighted by molar-refractivity contribution is 6.01. The molecule has 2 aliphatic rings. The summed E-state index contributed by atoms with van der Waals surface area (Å²) >= 11 is 0. The van der Waals surface area contributed by atoms with E-state index in [-0.39, 0.29) is 11.9 Å². The minimum absolute atomic E-state index is 0.109. The van der Waals surface area contributed by atoms with Gasteiger partial charge in [-0.05, 0) is 29.7 Å². The zero-order chi connectivity index (χ0) is 19.0. The third-order valence-electron chi connectivity index (χ3n) is 5.13. The molecule has 0 aromatic heterocycles. The Morgan fingerprint density at radius 2 is 1.89 bits per heavy atom. The van der Waals surface area contributed by atoms with E-state index < -0.39 is 11.9 Å². The van der Waals surface area contributed by atoms with Gasteiger partial charge in [-0.1, -0.05) is 42.5 Å². The molecule has 138 valence electrons. The second kappa shape index (κ2) is 6.87. The van der Waals surface area contributed by atoms with Crippen molar-refractivity contribution in [3.63, 3.8) is 0 Å². The van der Waals surface area contributed by atoms with Crippen LogP contribution < -0.4 is 5.32 Å². The van der Waals surface area contributed by atoms with E-state index in [4.69, 9.17) is 0 Å². The molecule has 0 aliphatic carbocycles. The highest BCUT2D eigenvalue weighted by atomic mass is 19.1. The molecule has 1 N–H and O–H groups in total. The zero-order valence-electron chi connectivity index (χ0n) is 15.0. The Bertz CT molecular complexity index is 926. The summed E-state index contributed by atoms with van der Waals surface area (Å²) in [6.45, 7) is 0.949. The van der Waals surface area contributed by atoms with E-state index in [1.165, 1.54) is 17.0 Å². The fourth-order valence-corrected chi connectivity index (χ4v) is 3.65. The van der Waals surface area contributed by atoms with Crippen LogP contribution >= 0.6 is 0 Å². The summed E-state index contributed by atoms with van der Waals surface area (Å²) in [5, 5.41) is 2.82. The smallest absolute Gasteiger partial charge is 0.322 e. The van der Waals surface area contributed by atoms with Gasteiger partial charge in [-0.3, -0.25) is 9.69 Å². The number of benzene rings is 2. The number of nitrogens with zero attached hydrogens (tertiary/aromatic N) is 2. The van der Waals surface area contributed by atoms with Crippen molar-refractivity contribution in [3.05, 3.63) is 82.8 Å². The molecule has 4 rings (SSSR count). The Balaban J connectivity index is 1.60. The van der Waals surface area contributed by atoms with Crippen LogP contribution in [0.1, 0.15) is 17.2 Å². The first-order valence-corrected chi connectivity index (χ1v) is 8.90. The third-order valence-corrected chi connectivity index (χ3v) is 5.13. The van der Waals surface area contributed by atoms with Crippen LogP contribution in [0.2, 0.25) is 0 Å². The van der Waals surface area contributed by atoms with Gasteiger partial charge >= 0.3 is 6.03 Å². The minimum Gasteiger partial charge on any atom is -0.333 e. The van der Waals surface area contributed by atoms with Crippen LogP contribution in [0.15, 0.2) is 65.9 Å². The van der Waals surface area contributed by atoms with Gasteiger partial charge in [0, 0.05) is 13.6 Å². The largest absolute Gasteiger partial charge is 0.333 e. The first kappa shape index (κ1) is 17.3. The van der Waals surface area contributed by atoms with Crippen molar-refractivity contribution in [1.29, 1.82) is 0 Å². The normalized spacial score (nSPS) is 19.4. The zero-order valence-corrected chi connectivity index (χ0v) is 15.0. The lowest BCUT2D eigenvalue weighted by atomic mass is 9.95. The highest BCUT2D eigenvalue weighted by Gasteiger charge is 2.42. The molecular weight excluding hydrogens is 345 g/mol. The Morgan fingerprint density at radius 1 is 1.11 bits per heavy atom. The van der Waals surface area contributed by atoms with Crippen molar-refractivity contribution < 1.29 is 14.0 Å². The second-order valence-corrected chi connectivity index (χ2v) is 6.82. The number of halogens is 1. The Morgan fingerprint density at radius 3 is 2.63 bits per heavy atom. The topological polar surface area (TPSA) is 52.7 Å². The molecule has 0 unspecified atom stereocenters. The minimum atomic E-state index is -0.631. The van der Waals surface area contributed by atoms with E-state index in [0.717, 1.165) is 12.0 Å². The third kappa shape index (κ3) is 3.18. The summed E-state index contributed by atoms with van der Waals surface area (Å²) in [7, 11) is 1.65. The quantitative estimate of drug-likeness (QED) is 0.906. The number of hydrogen-bond acceptors (Lipinski definition) is 2. The van der Waals surface area contributed by atoms with Gasteiger partial charge < -0.3 is 10.2 Å². The lowest BCUT2D eigenvalue weighted by molar-refractivity contribution is -0.125. The van der Waals surface area contributed by atoms with Gasteiger partial charge in [0.1, 0.15) is 5.82 Å². The molecule has 6 heteroatoms. The summed E-state index contributed by atoms with van der Waals surface area (Å²) in [5.74, 6) is -0.503. The molecule has 2 aromatic carbocycles. The monoisotopic (exact) mass is 365 g/mol. The van der Waals surface area contributed by atoms with Crippen LogP contribution in [0, 0.1) is 5.82 Å². The summed E-state index contributed by atoms with van der Waals surface area (Å²) < 4.78 is 13.7. The van der Waals surface area contributed by atoms with Crippen LogP contribution in [0.3, 0.4) is 0 Å². The Kier molecular flexibility index (Phi) is 4.39. The summed E-state index contributed by atoms with van der Waals surface area (Å²) in [6, 6.07) is 15.1. The van der Waals surface area contributed by atoms with Crippen LogP contribution in [-0.2, 0) is 11.2 Å². The number of nitrogens with one attached hydrogen (secondary N) is 1. The molecule has 3 amide bonds. The maximum atomic E-state index is 13.7. The lowest BCUT2D eigenvalue weighted by Gasteiger charge is -2.31. The van der Waals surface area contributed by atoms with Crippen LogP contribution in [0.4, 0.5) is 9.18 Å². The standard InChI is InChI=1S/C21H20FN3O2/c1-24-17-13-25(11-10-14-6-3-2-4-7-14)20(26)18(17)19(23-21(24)27)15-8-5-9-16(22)12-15/h2-9,12,19H,10-11,13H2,1H3,(H,23,27)/t19-/m1/s1. The van der Waals surface area contributed by atoms with Gasteiger partial charge in [0.15, 0.2) is 0 Å². The van der Waals surface area contributed by atoms with Crippen LogP contribution in [-0.4, -0.2) is 41.9 Å². The molecule has 0 saturated heterocycles. The van der Waals surface area contributed by atoms with Crippen molar-refractivity contribution in [2.75, 3.05) is 20.1 Å². The van der Waals surface area contributed by atoms with Gasteiger partial charge in [-0.2, -0.15) is 0 Å². The SMILES string of the molecule is CN1C(=O)N[C@H](c2cccc(F)c2)C2=C1CN(CCc1ccccc1)C2=O. The van der Waals surface area contributed by atoms with Gasteiger partial charge in [0.2, 0.25) is 0 Å². The van der Waals surface area contributed by atoms with E-state index in [2.05, 4.69) is 5.32 Å².